The molecule has 29 heavy (non-hydrogen) atoms. The van der Waals surface area contributed by atoms with E-state index in [-0.39, 0.29) is 4.90 Å². The number of sulfonamides is 1. The molecule has 1 aromatic heterocycles. The molecule has 0 aliphatic heterocycles. The van der Waals surface area contributed by atoms with Crippen molar-refractivity contribution in [2.75, 3.05) is 0 Å². The minimum atomic E-state index is -3.75. The number of primary sulfonamides is 1. The highest BCUT2D eigenvalue weighted by atomic mass is 32.2. The van der Waals surface area contributed by atoms with Crippen LogP contribution in [0.1, 0.15) is 17.0 Å². The van der Waals surface area contributed by atoms with Gasteiger partial charge in [-0.1, -0.05) is 66.2 Å². The van der Waals surface area contributed by atoms with Crippen molar-refractivity contribution in [1.82, 2.24) is 4.98 Å². The van der Waals surface area contributed by atoms with E-state index in [2.05, 4.69) is 0 Å². The molecule has 4 aromatic rings. The first-order valence-corrected chi connectivity index (χ1v) is 10.7. The molecular weight excluding hydrogens is 384 g/mol. The van der Waals surface area contributed by atoms with Crippen LogP contribution >= 0.6 is 0 Å². The van der Waals surface area contributed by atoms with Crippen LogP contribution in [0.3, 0.4) is 0 Å². The Bertz CT molecular complexity index is 1250. The monoisotopic (exact) mass is 404 g/mol. The molecule has 0 atom stereocenters. The van der Waals surface area contributed by atoms with Crippen LogP contribution in [-0.4, -0.2) is 13.4 Å². The molecule has 0 fully saturated rings. The van der Waals surface area contributed by atoms with Crippen molar-refractivity contribution in [1.29, 1.82) is 0 Å². The summed E-state index contributed by atoms with van der Waals surface area (Å²) in [4.78, 5) is 4.79. The van der Waals surface area contributed by atoms with Gasteiger partial charge in [0, 0.05) is 17.5 Å². The van der Waals surface area contributed by atoms with E-state index in [1.54, 1.807) is 12.1 Å². The van der Waals surface area contributed by atoms with Gasteiger partial charge in [-0.3, -0.25) is 0 Å². The van der Waals surface area contributed by atoms with E-state index >= 15 is 0 Å². The maximum absolute atomic E-state index is 11.6. The smallest absolute Gasteiger partial charge is 0.238 e. The molecule has 0 unspecified atom stereocenters. The normalized spacial score (nSPS) is 11.5. The molecule has 146 valence electrons. The zero-order valence-electron chi connectivity index (χ0n) is 15.9. The fourth-order valence-electron chi connectivity index (χ4n) is 3.19. The molecular formula is C23H20N2O3S. The van der Waals surface area contributed by atoms with Crippen molar-refractivity contribution < 1.29 is 12.8 Å². The van der Waals surface area contributed by atoms with E-state index in [1.807, 2.05) is 61.5 Å². The van der Waals surface area contributed by atoms with E-state index in [4.69, 9.17) is 14.5 Å². The van der Waals surface area contributed by atoms with Crippen LogP contribution in [0.4, 0.5) is 0 Å². The number of nitrogens with two attached hydrogens (primary N) is 1. The Balaban J connectivity index is 1.80. The van der Waals surface area contributed by atoms with Gasteiger partial charge in [0.25, 0.3) is 0 Å². The number of rotatable bonds is 5. The molecule has 0 aliphatic carbocycles. The highest BCUT2D eigenvalue weighted by Gasteiger charge is 2.18. The van der Waals surface area contributed by atoms with Crippen molar-refractivity contribution in [3.63, 3.8) is 0 Å². The van der Waals surface area contributed by atoms with Crippen molar-refractivity contribution in [2.24, 2.45) is 5.14 Å². The second-order valence-electron chi connectivity index (χ2n) is 6.89. The van der Waals surface area contributed by atoms with Crippen LogP contribution < -0.4 is 5.14 Å². The van der Waals surface area contributed by atoms with Gasteiger partial charge in [-0.25, -0.2) is 18.5 Å². The number of aryl methyl sites for hydroxylation is 1. The van der Waals surface area contributed by atoms with E-state index < -0.39 is 10.0 Å². The van der Waals surface area contributed by atoms with Gasteiger partial charge in [0.2, 0.25) is 10.0 Å². The Labute approximate surface area is 169 Å². The Hall–Kier alpha value is -3.22. The maximum atomic E-state index is 11.6. The molecule has 0 amide bonds. The minimum Gasteiger partial charge on any atom is -0.440 e. The first-order valence-electron chi connectivity index (χ1n) is 9.14. The summed E-state index contributed by atoms with van der Waals surface area (Å²) in [6.07, 6.45) is 0.564. The van der Waals surface area contributed by atoms with Crippen LogP contribution in [0.5, 0.6) is 0 Å². The lowest BCUT2D eigenvalue weighted by atomic mass is 10.0. The standard InChI is InChI=1S/C23H20N2O3S/c1-16-6-5-9-19(14-16)23-22(18-10-12-20(13-11-18)29(24,26)27)25-21(28-23)15-17-7-3-2-4-8-17/h2-14H,15H2,1H3,(H2,24,26,27). The van der Waals surface area contributed by atoms with Gasteiger partial charge in [-0.15, -0.1) is 0 Å². The number of aromatic nitrogens is 1. The Morgan fingerprint density at radius 1 is 0.897 bits per heavy atom. The molecule has 0 spiro atoms. The van der Waals surface area contributed by atoms with Crippen LogP contribution in [0.15, 0.2) is 88.2 Å². The molecule has 4 rings (SSSR count). The first-order chi connectivity index (χ1) is 13.9. The van der Waals surface area contributed by atoms with Crippen LogP contribution in [0.25, 0.3) is 22.6 Å². The van der Waals surface area contributed by atoms with E-state index in [0.717, 1.165) is 22.3 Å². The number of hydrogen-bond donors (Lipinski definition) is 1. The molecule has 0 saturated carbocycles. The zero-order valence-corrected chi connectivity index (χ0v) is 16.7. The van der Waals surface area contributed by atoms with E-state index in [0.29, 0.717) is 23.8 Å². The van der Waals surface area contributed by atoms with Crippen molar-refractivity contribution in [3.8, 4) is 22.6 Å². The number of benzene rings is 3. The van der Waals surface area contributed by atoms with Crippen molar-refractivity contribution in [2.45, 2.75) is 18.2 Å². The van der Waals surface area contributed by atoms with Crippen molar-refractivity contribution in [3.05, 3.63) is 95.9 Å². The first kappa shape index (κ1) is 19.1. The SMILES string of the molecule is Cc1cccc(-c2oc(Cc3ccccc3)nc2-c2ccc(S(N)(=O)=O)cc2)c1. The molecule has 1 heterocycles. The predicted octanol–water partition coefficient (Wildman–Crippen LogP) is 4.56. The summed E-state index contributed by atoms with van der Waals surface area (Å²) < 4.78 is 29.3. The second kappa shape index (κ2) is 7.66. The van der Waals surface area contributed by atoms with Crippen molar-refractivity contribution >= 4 is 10.0 Å². The quantitative estimate of drug-likeness (QED) is 0.528. The predicted molar refractivity (Wildman–Crippen MR) is 113 cm³/mol. The average molecular weight is 404 g/mol. The molecule has 6 heteroatoms. The van der Waals surface area contributed by atoms with Gasteiger partial charge in [0.05, 0.1) is 4.90 Å². The summed E-state index contributed by atoms with van der Waals surface area (Å²) in [5.74, 6) is 1.25. The highest BCUT2D eigenvalue weighted by molar-refractivity contribution is 7.89. The fraction of sp³-hybridized carbons (Fsp3) is 0.0870. The van der Waals surface area contributed by atoms with Crippen LogP contribution in [0.2, 0.25) is 0 Å². The lowest BCUT2D eigenvalue weighted by Gasteiger charge is -2.04. The topological polar surface area (TPSA) is 86.2 Å². The summed E-state index contributed by atoms with van der Waals surface area (Å²) in [7, 11) is -3.75. The molecule has 0 radical (unpaired) electrons. The third kappa shape index (κ3) is 4.29. The summed E-state index contributed by atoms with van der Waals surface area (Å²) >= 11 is 0. The average Bonchev–Trinajstić information content (AvgIpc) is 3.12. The summed E-state index contributed by atoms with van der Waals surface area (Å²) in [6, 6.07) is 24.3. The van der Waals surface area contributed by atoms with E-state index in [1.165, 1.54) is 12.1 Å². The van der Waals surface area contributed by atoms with Gasteiger partial charge < -0.3 is 4.42 Å². The highest BCUT2D eigenvalue weighted by Crippen LogP contribution is 2.34. The van der Waals surface area contributed by atoms with E-state index in [9.17, 15) is 8.42 Å². The number of hydrogen-bond acceptors (Lipinski definition) is 4. The largest absolute Gasteiger partial charge is 0.440 e. The lowest BCUT2D eigenvalue weighted by Crippen LogP contribution is -2.11. The summed E-state index contributed by atoms with van der Waals surface area (Å²) in [5, 5.41) is 5.21. The number of oxazole rings is 1. The van der Waals surface area contributed by atoms with Crippen LogP contribution in [0, 0.1) is 6.92 Å². The zero-order chi connectivity index (χ0) is 20.4. The van der Waals surface area contributed by atoms with Gasteiger partial charge >= 0.3 is 0 Å². The fourth-order valence-corrected chi connectivity index (χ4v) is 3.71. The third-order valence-electron chi connectivity index (χ3n) is 4.61. The Morgan fingerprint density at radius 3 is 2.28 bits per heavy atom. The van der Waals surface area contributed by atoms with Gasteiger partial charge in [0.15, 0.2) is 11.7 Å². The Kier molecular flexibility index (Phi) is 5.05. The molecule has 2 N–H and O–H groups in total. The van der Waals surface area contributed by atoms with Gasteiger partial charge in [-0.05, 0) is 30.7 Å². The maximum Gasteiger partial charge on any atom is 0.238 e. The molecule has 0 aliphatic rings. The van der Waals surface area contributed by atoms with Gasteiger partial charge in [-0.2, -0.15) is 0 Å². The third-order valence-corrected chi connectivity index (χ3v) is 5.54. The summed E-state index contributed by atoms with van der Waals surface area (Å²) in [6.45, 7) is 2.02. The summed E-state index contributed by atoms with van der Waals surface area (Å²) in [5.41, 5.74) is 4.56. The molecule has 0 saturated heterocycles. The second-order valence-corrected chi connectivity index (χ2v) is 8.45. The van der Waals surface area contributed by atoms with Gasteiger partial charge in [0.1, 0.15) is 5.69 Å². The Morgan fingerprint density at radius 2 is 1.62 bits per heavy atom. The lowest BCUT2D eigenvalue weighted by molar-refractivity contribution is 0.519. The molecule has 3 aromatic carbocycles. The van der Waals surface area contributed by atoms with Crippen LogP contribution in [-0.2, 0) is 16.4 Å². The number of nitrogens with zero attached hydrogens (tertiary/aromatic N) is 1. The minimum absolute atomic E-state index is 0.0614. The molecule has 5 nitrogen and oxygen atoms in total. The molecule has 0 bridgehead atoms.